The number of aromatic nitrogens is 2. The molecular weight excluding hydrogens is 200 g/mol. The minimum absolute atomic E-state index is 0.572. The Bertz CT molecular complexity index is 397. The van der Waals surface area contributed by atoms with Crippen molar-refractivity contribution in [1.82, 2.24) is 9.78 Å². The molecule has 0 aliphatic heterocycles. The van der Waals surface area contributed by atoms with E-state index in [-0.39, 0.29) is 0 Å². The molecule has 0 aliphatic rings. The summed E-state index contributed by atoms with van der Waals surface area (Å²) in [7, 11) is 0. The highest BCUT2D eigenvalue weighted by molar-refractivity contribution is 5.77. The number of carbonyl (C=O) groups is 2. The minimum atomic E-state index is -1.48. The van der Waals surface area contributed by atoms with Crippen molar-refractivity contribution in [1.29, 1.82) is 0 Å². The summed E-state index contributed by atoms with van der Waals surface area (Å²) in [5.74, 6) is -2.93. The molecule has 0 N–H and O–H groups in total. The van der Waals surface area contributed by atoms with Crippen molar-refractivity contribution in [2.24, 2.45) is 0 Å². The van der Waals surface area contributed by atoms with Crippen molar-refractivity contribution in [3.8, 4) is 0 Å². The van der Waals surface area contributed by atoms with Crippen LogP contribution >= 0.6 is 0 Å². The molecule has 0 spiro atoms. The summed E-state index contributed by atoms with van der Waals surface area (Å²) < 4.78 is 1.13. The number of aliphatic carboxylic acids is 2. The summed E-state index contributed by atoms with van der Waals surface area (Å²) >= 11 is 0. The van der Waals surface area contributed by atoms with Gasteiger partial charge in [0, 0.05) is 18.1 Å². The standard InChI is InChI=1S/C9H12N2O4/c1-5-3-6(2)11(10-5)7(9(14)15)4-8(12)13/h3,7H,4H2,1-2H3,(H,12,13)(H,14,15)/p-2/t7-/m0/s1. The lowest BCUT2D eigenvalue weighted by Crippen LogP contribution is -2.38. The van der Waals surface area contributed by atoms with Gasteiger partial charge in [-0.15, -0.1) is 0 Å². The van der Waals surface area contributed by atoms with Crippen LogP contribution in [0.3, 0.4) is 0 Å². The minimum Gasteiger partial charge on any atom is -0.550 e. The SMILES string of the molecule is Cc1cc(C)n([C@@H](CC(=O)[O-])C(=O)[O-])n1. The Morgan fingerprint density at radius 3 is 2.40 bits per heavy atom. The van der Waals surface area contributed by atoms with Gasteiger partial charge < -0.3 is 19.8 Å². The van der Waals surface area contributed by atoms with Crippen LogP contribution in [0.25, 0.3) is 0 Å². The molecule has 15 heavy (non-hydrogen) atoms. The van der Waals surface area contributed by atoms with Crippen molar-refractivity contribution in [3.05, 3.63) is 17.5 Å². The van der Waals surface area contributed by atoms with E-state index in [4.69, 9.17) is 0 Å². The normalized spacial score (nSPS) is 12.4. The molecule has 0 aromatic carbocycles. The van der Waals surface area contributed by atoms with Crippen LogP contribution < -0.4 is 10.2 Å². The maximum absolute atomic E-state index is 10.7. The zero-order valence-electron chi connectivity index (χ0n) is 8.39. The lowest BCUT2D eigenvalue weighted by Gasteiger charge is -2.20. The van der Waals surface area contributed by atoms with Gasteiger partial charge in [-0.2, -0.15) is 5.10 Å². The predicted molar refractivity (Wildman–Crippen MR) is 45.4 cm³/mol. The van der Waals surface area contributed by atoms with Crippen LogP contribution in [-0.2, 0) is 9.59 Å². The average molecular weight is 210 g/mol. The zero-order valence-corrected chi connectivity index (χ0v) is 8.39. The van der Waals surface area contributed by atoms with Gasteiger partial charge >= 0.3 is 0 Å². The van der Waals surface area contributed by atoms with Gasteiger partial charge in [0.05, 0.1) is 17.7 Å². The Kier molecular flexibility index (Phi) is 3.08. The third-order valence-electron chi connectivity index (χ3n) is 1.97. The molecule has 82 valence electrons. The van der Waals surface area contributed by atoms with Gasteiger partial charge in [-0.3, -0.25) is 4.68 Å². The summed E-state index contributed by atoms with van der Waals surface area (Å²) in [6.07, 6.45) is -0.649. The molecule has 1 rings (SSSR count). The molecule has 0 bridgehead atoms. The van der Waals surface area contributed by atoms with Crippen LogP contribution in [0.4, 0.5) is 0 Å². The van der Waals surface area contributed by atoms with E-state index >= 15 is 0 Å². The first-order valence-corrected chi connectivity index (χ1v) is 4.35. The van der Waals surface area contributed by atoms with E-state index < -0.39 is 24.4 Å². The van der Waals surface area contributed by atoms with Crippen molar-refractivity contribution < 1.29 is 19.8 Å². The Balaban J connectivity index is 3.03. The lowest BCUT2D eigenvalue weighted by molar-refractivity contribution is -0.319. The van der Waals surface area contributed by atoms with Crippen LogP contribution in [0.5, 0.6) is 0 Å². The molecule has 1 aromatic rings. The van der Waals surface area contributed by atoms with Gasteiger partial charge in [0.1, 0.15) is 0 Å². The molecule has 0 aliphatic carbocycles. The Morgan fingerprint density at radius 1 is 1.47 bits per heavy atom. The topological polar surface area (TPSA) is 98.1 Å². The summed E-state index contributed by atoms with van der Waals surface area (Å²) in [6.45, 7) is 3.33. The monoisotopic (exact) mass is 210 g/mol. The van der Waals surface area contributed by atoms with Gasteiger partial charge in [0.15, 0.2) is 0 Å². The average Bonchev–Trinajstić information content (AvgIpc) is 2.40. The van der Waals surface area contributed by atoms with Gasteiger partial charge in [0.25, 0.3) is 0 Å². The van der Waals surface area contributed by atoms with Crippen molar-refractivity contribution in [3.63, 3.8) is 0 Å². The number of nitrogens with zero attached hydrogens (tertiary/aromatic N) is 2. The third-order valence-corrected chi connectivity index (χ3v) is 1.97. The lowest BCUT2D eigenvalue weighted by atomic mass is 10.2. The number of carbonyl (C=O) groups excluding carboxylic acids is 2. The first-order chi connectivity index (χ1) is 6.91. The molecule has 6 heteroatoms. The zero-order chi connectivity index (χ0) is 11.6. The highest BCUT2D eigenvalue weighted by Crippen LogP contribution is 2.13. The summed E-state index contributed by atoms with van der Waals surface area (Å²) in [6, 6.07) is 0.342. The van der Waals surface area contributed by atoms with Crippen molar-refractivity contribution in [2.75, 3.05) is 0 Å². The summed E-state index contributed by atoms with van der Waals surface area (Å²) in [5.41, 5.74) is 1.19. The quantitative estimate of drug-likeness (QED) is 0.568. The number of rotatable bonds is 4. The molecule has 0 radical (unpaired) electrons. The summed E-state index contributed by atoms with van der Waals surface area (Å²) in [5, 5.41) is 25.0. The van der Waals surface area contributed by atoms with E-state index in [0.29, 0.717) is 11.4 Å². The number of aryl methyl sites for hydroxylation is 2. The second-order valence-electron chi connectivity index (χ2n) is 3.28. The fourth-order valence-corrected chi connectivity index (χ4v) is 1.39. The fourth-order valence-electron chi connectivity index (χ4n) is 1.39. The fraction of sp³-hybridized carbons (Fsp3) is 0.444. The highest BCUT2D eigenvalue weighted by Gasteiger charge is 2.15. The van der Waals surface area contributed by atoms with Crippen LogP contribution in [0.1, 0.15) is 23.9 Å². The first-order valence-electron chi connectivity index (χ1n) is 4.35. The largest absolute Gasteiger partial charge is 0.550 e. The van der Waals surface area contributed by atoms with Gasteiger partial charge in [0.2, 0.25) is 0 Å². The Morgan fingerprint density at radius 2 is 2.07 bits per heavy atom. The summed E-state index contributed by atoms with van der Waals surface area (Å²) in [4.78, 5) is 21.1. The van der Waals surface area contributed by atoms with Crippen LogP contribution in [0.15, 0.2) is 6.07 Å². The number of hydrogen-bond donors (Lipinski definition) is 0. The first kappa shape index (κ1) is 11.2. The maximum Gasteiger partial charge on any atom is 0.0967 e. The molecule has 1 atom stereocenters. The molecule has 0 fully saturated rings. The number of carboxylic acids is 2. The Labute approximate surface area is 86.1 Å². The smallest absolute Gasteiger partial charge is 0.0967 e. The van der Waals surface area contributed by atoms with Gasteiger partial charge in [-0.1, -0.05) is 0 Å². The molecule has 0 unspecified atom stereocenters. The third kappa shape index (κ3) is 2.55. The van der Waals surface area contributed by atoms with E-state index in [2.05, 4.69) is 5.10 Å². The molecule has 0 amide bonds. The van der Waals surface area contributed by atoms with E-state index in [1.807, 2.05) is 0 Å². The second-order valence-corrected chi connectivity index (χ2v) is 3.28. The molecule has 6 nitrogen and oxygen atoms in total. The maximum atomic E-state index is 10.7. The molecule has 0 saturated carbocycles. The molecule has 1 aromatic heterocycles. The van der Waals surface area contributed by atoms with Crippen molar-refractivity contribution >= 4 is 11.9 Å². The van der Waals surface area contributed by atoms with Crippen LogP contribution in [-0.4, -0.2) is 21.7 Å². The van der Waals surface area contributed by atoms with E-state index in [1.165, 1.54) is 0 Å². The van der Waals surface area contributed by atoms with E-state index in [0.717, 1.165) is 4.68 Å². The van der Waals surface area contributed by atoms with Gasteiger partial charge in [-0.25, -0.2) is 0 Å². The number of hydrogen-bond acceptors (Lipinski definition) is 5. The van der Waals surface area contributed by atoms with Crippen molar-refractivity contribution in [2.45, 2.75) is 26.3 Å². The molecular formula is C9H10N2O4-2. The number of carboxylic acid groups (broad SMARTS) is 2. The predicted octanol–water partition coefficient (Wildman–Crippen LogP) is -2.07. The van der Waals surface area contributed by atoms with Gasteiger partial charge in [-0.05, 0) is 19.9 Å². The molecule has 1 heterocycles. The van der Waals surface area contributed by atoms with E-state index in [9.17, 15) is 19.8 Å². The van der Waals surface area contributed by atoms with Crippen LogP contribution in [0, 0.1) is 13.8 Å². The van der Waals surface area contributed by atoms with E-state index in [1.54, 1.807) is 19.9 Å². The molecule has 0 saturated heterocycles. The highest BCUT2D eigenvalue weighted by atomic mass is 16.4. The van der Waals surface area contributed by atoms with Crippen LogP contribution in [0.2, 0.25) is 0 Å². The Hall–Kier alpha value is -1.85. The second kappa shape index (κ2) is 4.12.